The average Bonchev–Trinajstić information content (AvgIpc) is 2.69. The molecule has 2 N–H and O–H groups in total. The lowest BCUT2D eigenvalue weighted by molar-refractivity contribution is 0.747. The zero-order valence-corrected chi connectivity index (χ0v) is 9.70. The van der Waals surface area contributed by atoms with Crippen LogP contribution in [0.1, 0.15) is 11.8 Å². The highest BCUT2D eigenvalue weighted by molar-refractivity contribution is 7.10. The predicted molar refractivity (Wildman–Crippen MR) is 65.0 cm³/mol. The Labute approximate surface area is 92.2 Å². The number of rotatable bonds is 3. The van der Waals surface area contributed by atoms with E-state index in [1.54, 1.807) is 22.7 Å². The van der Waals surface area contributed by atoms with Crippen molar-refractivity contribution < 1.29 is 0 Å². The molecule has 2 rings (SSSR count). The molecule has 2 aromatic rings. The second kappa shape index (κ2) is 4.26. The number of hydrogen-bond acceptors (Lipinski definition) is 3. The molecule has 0 bridgehead atoms. The van der Waals surface area contributed by atoms with E-state index in [2.05, 4.69) is 28.3 Å². The Morgan fingerprint density at radius 1 is 1.36 bits per heavy atom. The molecule has 0 fully saturated rings. The molecular weight excluding hydrogens is 210 g/mol. The molecule has 14 heavy (non-hydrogen) atoms. The van der Waals surface area contributed by atoms with Gasteiger partial charge in [0.25, 0.3) is 0 Å². The molecule has 0 aromatic carbocycles. The molecule has 0 aliphatic rings. The normalized spacial score (nSPS) is 13.0. The largest absolute Gasteiger partial charge is 0.328 e. The van der Waals surface area contributed by atoms with Gasteiger partial charge in [0.05, 0.1) is 0 Å². The highest BCUT2D eigenvalue weighted by Crippen LogP contribution is 2.27. The van der Waals surface area contributed by atoms with Gasteiger partial charge in [-0.3, -0.25) is 0 Å². The van der Waals surface area contributed by atoms with Gasteiger partial charge in [-0.05, 0) is 52.7 Å². The Balaban J connectivity index is 2.18. The van der Waals surface area contributed by atoms with Gasteiger partial charge in [-0.15, -0.1) is 11.3 Å². The summed E-state index contributed by atoms with van der Waals surface area (Å²) in [6.45, 7) is 2.05. The lowest BCUT2D eigenvalue weighted by Gasteiger charge is -1.99. The Morgan fingerprint density at radius 3 is 2.86 bits per heavy atom. The van der Waals surface area contributed by atoms with Crippen LogP contribution >= 0.6 is 22.7 Å². The molecule has 1 unspecified atom stereocenters. The summed E-state index contributed by atoms with van der Waals surface area (Å²) in [6, 6.07) is 4.65. The van der Waals surface area contributed by atoms with Gasteiger partial charge in [-0.1, -0.05) is 0 Å². The van der Waals surface area contributed by atoms with E-state index in [1.807, 2.05) is 6.92 Å². The van der Waals surface area contributed by atoms with Crippen LogP contribution in [0.15, 0.2) is 28.3 Å². The maximum absolute atomic E-state index is 5.76. The van der Waals surface area contributed by atoms with Crippen molar-refractivity contribution in [2.75, 3.05) is 0 Å². The molecule has 0 saturated heterocycles. The van der Waals surface area contributed by atoms with Crippen LogP contribution < -0.4 is 5.73 Å². The minimum absolute atomic E-state index is 0.254. The maximum atomic E-state index is 5.76. The van der Waals surface area contributed by atoms with Gasteiger partial charge in [-0.2, -0.15) is 11.3 Å². The summed E-state index contributed by atoms with van der Waals surface area (Å²) in [6.07, 6.45) is 0.981. The van der Waals surface area contributed by atoms with E-state index in [0.29, 0.717) is 0 Å². The van der Waals surface area contributed by atoms with E-state index in [9.17, 15) is 0 Å². The van der Waals surface area contributed by atoms with Gasteiger partial charge in [0.2, 0.25) is 0 Å². The van der Waals surface area contributed by atoms with Crippen LogP contribution in [0.5, 0.6) is 0 Å². The van der Waals surface area contributed by atoms with Crippen molar-refractivity contribution in [1.82, 2.24) is 0 Å². The van der Waals surface area contributed by atoms with E-state index in [4.69, 9.17) is 5.73 Å². The third kappa shape index (κ3) is 2.23. The van der Waals surface area contributed by atoms with Crippen molar-refractivity contribution in [3.05, 3.63) is 33.2 Å². The Morgan fingerprint density at radius 2 is 2.21 bits per heavy atom. The number of nitrogens with two attached hydrogens (primary N) is 1. The van der Waals surface area contributed by atoms with E-state index >= 15 is 0 Å². The highest BCUT2D eigenvalue weighted by atomic mass is 32.1. The second-order valence-corrected chi connectivity index (χ2v) is 5.27. The van der Waals surface area contributed by atoms with Crippen LogP contribution in [-0.4, -0.2) is 6.04 Å². The average molecular weight is 223 g/mol. The van der Waals surface area contributed by atoms with Crippen LogP contribution in [0, 0.1) is 0 Å². The third-order valence-corrected chi connectivity index (χ3v) is 3.67. The fraction of sp³-hybridized carbons (Fsp3) is 0.273. The van der Waals surface area contributed by atoms with E-state index < -0.39 is 0 Å². The quantitative estimate of drug-likeness (QED) is 0.848. The molecule has 74 valence electrons. The third-order valence-electron chi connectivity index (χ3n) is 2.03. The molecule has 2 aromatic heterocycles. The molecule has 0 radical (unpaired) electrons. The van der Waals surface area contributed by atoms with Gasteiger partial charge in [0.15, 0.2) is 0 Å². The van der Waals surface area contributed by atoms with Crippen molar-refractivity contribution >= 4 is 22.7 Å². The van der Waals surface area contributed by atoms with Gasteiger partial charge in [-0.25, -0.2) is 0 Å². The minimum Gasteiger partial charge on any atom is -0.328 e. The predicted octanol–water partition coefficient (Wildman–Crippen LogP) is 3.37. The molecule has 0 aliphatic carbocycles. The van der Waals surface area contributed by atoms with Crippen LogP contribution in [-0.2, 0) is 6.42 Å². The first kappa shape index (κ1) is 9.90. The van der Waals surface area contributed by atoms with Gasteiger partial charge in [0, 0.05) is 10.9 Å². The van der Waals surface area contributed by atoms with Crippen molar-refractivity contribution in [3.8, 4) is 11.1 Å². The summed E-state index contributed by atoms with van der Waals surface area (Å²) in [4.78, 5) is 1.38. The first-order valence-corrected chi connectivity index (χ1v) is 6.43. The summed E-state index contributed by atoms with van der Waals surface area (Å²) < 4.78 is 0. The lowest BCUT2D eigenvalue weighted by atomic mass is 10.1. The second-order valence-electron chi connectivity index (χ2n) is 3.50. The molecule has 1 nitrogen and oxygen atoms in total. The Bertz CT molecular complexity index is 387. The fourth-order valence-electron chi connectivity index (χ4n) is 1.39. The molecular formula is C11H13NS2. The van der Waals surface area contributed by atoms with Gasteiger partial charge in [0.1, 0.15) is 0 Å². The van der Waals surface area contributed by atoms with Crippen LogP contribution in [0.2, 0.25) is 0 Å². The molecule has 1 atom stereocenters. The fourth-order valence-corrected chi connectivity index (χ4v) is 3.09. The molecule has 3 heteroatoms. The highest BCUT2D eigenvalue weighted by Gasteiger charge is 2.04. The molecule has 0 spiro atoms. The molecule has 0 amide bonds. The lowest BCUT2D eigenvalue weighted by Crippen LogP contribution is -2.16. The zero-order chi connectivity index (χ0) is 9.97. The monoisotopic (exact) mass is 223 g/mol. The topological polar surface area (TPSA) is 26.0 Å². The van der Waals surface area contributed by atoms with Gasteiger partial charge < -0.3 is 5.73 Å². The number of thiophene rings is 2. The Kier molecular flexibility index (Phi) is 3.01. The zero-order valence-electron chi connectivity index (χ0n) is 8.07. The van der Waals surface area contributed by atoms with E-state index in [1.165, 1.54) is 16.0 Å². The molecule has 0 aliphatic heterocycles. The van der Waals surface area contributed by atoms with Crippen LogP contribution in [0.4, 0.5) is 0 Å². The molecule has 0 saturated carbocycles. The van der Waals surface area contributed by atoms with Crippen molar-refractivity contribution in [1.29, 1.82) is 0 Å². The summed E-state index contributed by atoms with van der Waals surface area (Å²) in [5.41, 5.74) is 8.41. The first-order chi connectivity index (χ1) is 6.75. The van der Waals surface area contributed by atoms with E-state index in [-0.39, 0.29) is 6.04 Å². The summed E-state index contributed by atoms with van der Waals surface area (Å²) in [5, 5.41) is 6.50. The first-order valence-electron chi connectivity index (χ1n) is 4.61. The van der Waals surface area contributed by atoms with E-state index in [0.717, 1.165) is 6.42 Å². The minimum atomic E-state index is 0.254. The van der Waals surface area contributed by atoms with Crippen LogP contribution in [0.3, 0.4) is 0 Å². The van der Waals surface area contributed by atoms with Gasteiger partial charge >= 0.3 is 0 Å². The summed E-state index contributed by atoms with van der Waals surface area (Å²) in [7, 11) is 0. The maximum Gasteiger partial charge on any atom is 0.00669 e. The van der Waals surface area contributed by atoms with Crippen LogP contribution in [0.25, 0.3) is 11.1 Å². The van der Waals surface area contributed by atoms with Crippen molar-refractivity contribution in [2.24, 2.45) is 5.73 Å². The number of hydrogen-bond donors (Lipinski definition) is 1. The SMILES string of the molecule is CC(N)Cc1cc(-c2ccsc2)cs1. The standard InChI is InChI=1S/C11H13NS2/c1-8(12)4-11-5-10(7-14-11)9-2-3-13-6-9/h2-3,5-8H,4,12H2,1H3. The summed E-state index contributed by atoms with van der Waals surface area (Å²) in [5.74, 6) is 0. The summed E-state index contributed by atoms with van der Waals surface area (Å²) >= 11 is 3.54. The van der Waals surface area contributed by atoms with Crippen molar-refractivity contribution in [3.63, 3.8) is 0 Å². The smallest absolute Gasteiger partial charge is 0.00669 e. The molecule has 2 heterocycles. The Hall–Kier alpha value is -0.640. The van der Waals surface area contributed by atoms with Crippen molar-refractivity contribution in [2.45, 2.75) is 19.4 Å².